The van der Waals surface area contributed by atoms with Crippen LogP contribution in [0.3, 0.4) is 0 Å². The average Bonchev–Trinajstić information content (AvgIpc) is 2.18. The van der Waals surface area contributed by atoms with Gasteiger partial charge in [0.1, 0.15) is 0 Å². The van der Waals surface area contributed by atoms with E-state index in [1.54, 1.807) is 0 Å². The van der Waals surface area contributed by atoms with Crippen LogP contribution in [0, 0.1) is 13.8 Å². The second-order valence-electron chi connectivity index (χ2n) is 4.36. The Morgan fingerprint density at radius 3 is 2.27 bits per heavy atom. The molecule has 1 rings (SSSR count). The van der Waals surface area contributed by atoms with E-state index in [2.05, 4.69) is 52.1 Å². The van der Waals surface area contributed by atoms with Crippen molar-refractivity contribution in [1.82, 2.24) is 0 Å². The van der Waals surface area contributed by atoms with Crippen LogP contribution < -0.4 is 0 Å². The van der Waals surface area contributed by atoms with Crippen molar-refractivity contribution in [1.29, 1.82) is 0 Å². The van der Waals surface area contributed by atoms with Gasteiger partial charge in [-0.25, -0.2) is 0 Å². The molecule has 0 aliphatic carbocycles. The van der Waals surface area contributed by atoms with Gasteiger partial charge in [-0.2, -0.15) is 0 Å². The average molecular weight is 200 g/mol. The summed E-state index contributed by atoms with van der Waals surface area (Å²) in [6.45, 7) is 14.4. The van der Waals surface area contributed by atoms with E-state index in [0.29, 0.717) is 0 Å². The van der Waals surface area contributed by atoms with Gasteiger partial charge in [0.2, 0.25) is 0 Å². The lowest BCUT2D eigenvalue weighted by molar-refractivity contribution is 0.999. The van der Waals surface area contributed by atoms with E-state index >= 15 is 0 Å². The van der Waals surface area contributed by atoms with Crippen LogP contribution in [0.1, 0.15) is 36.5 Å². The predicted molar refractivity (Wildman–Crippen MR) is 69.0 cm³/mol. The Morgan fingerprint density at radius 2 is 1.73 bits per heavy atom. The molecule has 0 aromatic heterocycles. The molecule has 0 fully saturated rings. The SMILES string of the molecule is C=C(C)CCC(=C)c1ccc(C)c(C)c1. The molecular weight excluding hydrogens is 180 g/mol. The first-order chi connectivity index (χ1) is 7.00. The first-order valence-corrected chi connectivity index (χ1v) is 5.40. The minimum Gasteiger partial charge on any atom is -0.100 e. The third-order valence-electron chi connectivity index (χ3n) is 2.77. The monoisotopic (exact) mass is 200 g/mol. The van der Waals surface area contributed by atoms with Gasteiger partial charge in [0.05, 0.1) is 0 Å². The highest BCUT2D eigenvalue weighted by Crippen LogP contribution is 2.21. The van der Waals surface area contributed by atoms with Crippen molar-refractivity contribution in [3.63, 3.8) is 0 Å². The highest BCUT2D eigenvalue weighted by atomic mass is 14.1. The fourth-order valence-electron chi connectivity index (χ4n) is 1.47. The molecule has 0 aliphatic rings. The maximum atomic E-state index is 4.13. The van der Waals surface area contributed by atoms with Gasteiger partial charge in [-0.15, -0.1) is 6.58 Å². The minimum atomic E-state index is 1.01. The molecule has 0 saturated carbocycles. The fourth-order valence-corrected chi connectivity index (χ4v) is 1.47. The van der Waals surface area contributed by atoms with Crippen molar-refractivity contribution in [3.8, 4) is 0 Å². The van der Waals surface area contributed by atoms with Gasteiger partial charge >= 0.3 is 0 Å². The standard InChI is InChI=1S/C15H20/c1-11(2)6-7-13(4)15-9-8-12(3)14(5)10-15/h8-10H,1,4,6-7H2,2-3,5H3. The van der Waals surface area contributed by atoms with Gasteiger partial charge < -0.3 is 0 Å². The van der Waals surface area contributed by atoms with Crippen LogP contribution in [0.5, 0.6) is 0 Å². The zero-order valence-corrected chi connectivity index (χ0v) is 10.1. The maximum absolute atomic E-state index is 4.13. The Bertz CT molecular complexity index is 383. The Labute approximate surface area is 93.3 Å². The van der Waals surface area contributed by atoms with E-state index < -0.39 is 0 Å². The van der Waals surface area contributed by atoms with E-state index in [1.807, 2.05) is 0 Å². The normalized spacial score (nSPS) is 10.1. The lowest BCUT2D eigenvalue weighted by Crippen LogP contribution is -1.88. The van der Waals surface area contributed by atoms with Crippen molar-refractivity contribution in [2.45, 2.75) is 33.6 Å². The molecule has 1 aromatic rings. The molecular formula is C15H20. The molecule has 0 saturated heterocycles. The number of aryl methyl sites for hydroxylation is 2. The van der Waals surface area contributed by atoms with Crippen LogP contribution in [0.25, 0.3) is 5.57 Å². The Morgan fingerprint density at radius 1 is 1.07 bits per heavy atom. The summed E-state index contributed by atoms with van der Waals surface area (Å²) in [6, 6.07) is 6.54. The zero-order valence-electron chi connectivity index (χ0n) is 10.1. The van der Waals surface area contributed by atoms with E-state index in [0.717, 1.165) is 12.8 Å². The fraction of sp³-hybridized carbons (Fsp3) is 0.333. The van der Waals surface area contributed by atoms with E-state index in [1.165, 1.54) is 27.8 Å². The minimum absolute atomic E-state index is 1.01. The summed E-state index contributed by atoms with van der Waals surface area (Å²) in [7, 11) is 0. The molecule has 0 nitrogen and oxygen atoms in total. The quantitative estimate of drug-likeness (QED) is 0.619. The lowest BCUT2D eigenvalue weighted by Gasteiger charge is -2.08. The van der Waals surface area contributed by atoms with Crippen molar-refractivity contribution < 1.29 is 0 Å². The van der Waals surface area contributed by atoms with Crippen molar-refractivity contribution in [3.05, 3.63) is 53.6 Å². The maximum Gasteiger partial charge on any atom is -0.0227 e. The summed E-state index contributed by atoms with van der Waals surface area (Å²) in [5.74, 6) is 0. The summed E-state index contributed by atoms with van der Waals surface area (Å²) in [4.78, 5) is 0. The van der Waals surface area contributed by atoms with Crippen LogP contribution in [-0.2, 0) is 0 Å². The Kier molecular flexibility index (Phi) is 3.90. The van der Waals surface area contributed by atoms with Crippen LogP contribution >= 0.6 is 0 Å². The Hall–Kier alpha value is -1.30. The molecule has 15 heavy (non-hydrogen) atoms. The second kappa shape index (κ2) is 4.97. The lowest BCUT2D eigenvalue weighted by atomic mass is 9.97. The summed E-state index contributed by atoms with van der Waals surface area (Å²) < 4.78 is 0. The molecule has 0 heteroatoms. The molecule has 0 spiro atoms. The van der Waals surface area contributed by atoms with Gasteiger partial charge in [0.25, 0.3) is 0 Å². The molecule has 0 aliphatic heterocycles. The molecule has 0 bridgehead atoms. The van der Waals surface area contributed by atoms with Crippen molar-refractivity contribution >= 4 is 5.57 Å². The van der Waals surface area contributed by atoms with Gasteiger partial charge in [-0.3, -0.25) is 0 Å². The third kappa shape index (κ3) is 3.39. The number of allylic oxidation sites excluding steroid dienone is 2. The number of hydrogen-bond acceptors (Lipinski definition) is 0. The van der Waals surface area contributed by atoms with Gasteiger partial charge in [0, 0.05) is 0 Å². The van der Waals surface area contributed by atoms with Crippen LogP contribution in [0.2, 0.25) is 0 Å². The molecule has 1 aromatic carbocycles. The highest BCUT2D eigenvalue weighted by molar-refractivity contribution is 5.64. The van der Waals surface area contributed by atoms with Gasteiger partial charge in [-0.1, -0.05) is 30.4 Å². The number of hydrogen-bond donors (Lipinski definition) is 0. The first kappa shape index (κ1) is 11.8. The van der Waals surface area contributed by atoms with E-state index in [-0.39, 0.29) is 0 Å². The summed E-state index contributed by atoms with van der Waals surface area (Å²) in [5.41, 5.74) is 6.37. The number of rotatable bonds is 4. The highest BCUT2D eigenvalue weighted by Gasteiger charge is 2.01. The Balaban J connectivity index is 2.74. The molecule has 0 unspecified atom stereocenters. The molecule has 0 N–H and O–H groups in total. The third-order valence-corrected chi connectivity index (χ3v) is 2.77. The zero-order chi connectivity index (χ0) is 11.4. The predicted octanol–water partition coefficient (Wildman–Crippen LogP) is 4.67. The second-order valence-corrected chi connectivity index (χ2v) is 4.36. The topological polar surface area (TPSA) is 0 Å². The van der Waals surface area contributed by atoms with Crippen LogP contribution in [0.4, 0.5) is 0 Å². The van der Waals surface area contributed by atoms with Gasteiger partial charge in [0.15, 0.2) is 0 Å². The molecule has 80 valence electrons. The first-order valence-electron chi connectivity index (χ1n) is 5.40. The molecule has 0 amide bonds. The molecule has 0 radical (unpaired) electrons. The largest absolute Gasteiger partial charge is 0.100 e. The number of benzene rings is 1. The van der Waals surface area contributed by atoms with E-state index in [9.17, 15) is 0 Å². The molecule has 0 atom stereocenters. The van der Waals surface area contributed by atoms with Crippen LogP contribution in [0.15, 0.2) is 36.9 Å². The summed E-state index contributed by atoms with van der Waals surface area (Å²) in [5, 5.41) is 0. The van der Waals surface area contributed by atoms with Crippen molar-refractivity contribution in [2.75, 3.05) is 0 Å². The van der Waals surface area contributed by atoms with Gasteiger partial charge in [-0.05, 0) is 55.9 Å². The molecule has 0 heterocycles. The smallest absolute Gasteiger partial charge is 0.0227 e. The van der Waals surface area contributed by atoms with E-state index in [4.69, 9.17) is 0 Å². The van der Waals surface area contributed by atoms with Crippen LogP contribution in [-0.4, -0.2) is 0 Å². The summed E-state index contributed by atoms with van der Waals surface area (Å²) >= 11 is 0. The van der Waals surface area contributed by atoms with Crippen molar-refractivity contribution in [2.24, 2.45) is 0 Å². The summed E-state index contributed by atoms with van der Waals surface area (Å²) in [6.07, 6.45) is 2.05.